The number of esters is 1. The van der Waals surface area contributed by atoms with E-state index in [0.717, 1.165) is 0 Å². The lowest BCUT2D eigenvalue weighted by molar-refractivity contribution is -0.120. The SMILES string of the molecule is COC(=O)c1ccc2c(c1)N(c1ccc(OC)cc1)C(=O)CO2. The fraction of sp³-hybridized carbons (Fsp3) is 0.176. The number of anilines is 2. The summed E-state index contributed by atoms with van der Waals surface area (Å²) in [6.45, 7) is -0.0589. The second-order valence-electron chi connectivity index (χ2n) is 4.89. The predicted octanol–water partition coefficient (Wildman–Crippen LogP) is 2.54. The van der Waals surface area contributed by atoms with Gasteiger partial charge in [-0.25, -0.2) is 4.79 Å². The fourth-order valence-electron chi connectivity index (χ4n) is 2.41. The third kappa shape index (κ3) is 2.70. The van der Waals surface area contributed by atoms with E-state index >= 15 is 0 Å². The van der Waals surface area contributed by atoms with Crippen molar-refractivity contribution < 1.29 is 23.8 Å². The Labute approximate surface area is 133 Å². The minimum absolute atomic E-state index is 0.0589. The highest BCUT2D eigenvalue weighted by atomic mass is 16.5. The van der Waals surface area contributed by atoms with Crippen LogP contribution in [0.2, 0.25) is 0 Å². The smallest absolute Gasteiger partial charge is 0.337 e. The number of carbonyl (C=O) groups is 2. The van der Waals surface area contributed by atoms with Crippen LogP contribution in [0.15, 0.2) is 42.5 Å². The van der Waals surface area contributed by atoms with Gasteiger partial charge in [0, 0.05) is 5.69 Å². The molecule has 1 amide bonds. The Kier molecular flexibility index (Phi) is 3.89. The molecule has 1 heterocycles. The number of ether oxygens (including phenoxy) is 3. The number of amides is 1. The summed E-state index contributed by atoms with van der Waals surface area (Å²) in [6.07, 6.45) is 0. The summed E-state index contributed by atoms with van der Waals surface area (Å²) in [5.41, 5.74) is 1.53. The molecule has 0 saturated heterocycles. The number of hydrogen-bond donors (Lipinski definition) is 0. The van der Waals surface area contributed by atoms with Crippen LogP contribution in [0.3, 0.4) is 0 Å². The monoisotopic (exact) mass is 313 g/mol. The lowest BCUT2D eigenvalue weighted by Crippen LogP contribution is -2.35. The molecule has 0 fully saturated rings. The van der Waals surface area contributed by atoms with Gasteiger partial charge in [0.2, 0.25) is 0 Å². The van der Waals surface area contributed by atoms with Crippen LogP contribution in [-0.2, 0) is 9.53 Å². The van der Waals surface area contributed by atoms with E-state index in [0.29, 0.717) is 28.4 Å². The molecule has 0 saturated carbocycles. The van der Waals surface area contributed by atoms with E-state index in [-0.39, 0.29) is 12.5 Å². The van der Waals surface area contributed by atoms with Crippen molar-refractivity contribution in [2.75, 3.05) is 25.7 Å². The molecule has 0 bridgehead atoms. The summed E-state index contributed by atoms with van der Waals surface area (Å²) in [7, 11) is 2.89. The number of nitrogens with zero attached hydrogens (tertiary/aromatic N) is 1. The fourth-order valence-corrected chi connectivity index (χ4v) is 2.41. The average molecular weight is 313 g/mol. The summed E-state index contributed by atoms with van der Waals surface area (Å²) in [5.74, 6) is 0.538. The van der Waals surface area contributed by atoms with Crippen molar-refractivity contribution in [3.05, 3.63) is 48.0 Å². The van der Waals surface area contributed by atoms with Gasteiger partial charge < -0.3 is 14.2 Å². The predicted molar refractivity (Wildman–Crippen MR) is 83.4 cm³/mol. The normalized spacial score (nSPS) is 13.1. The molecule has 1 aliphatic rings. The molecule has 6 heteroatoms. The Balaban J connectivity index is 2.07. The molecule has 0 radical (unpaired) electrons. The Morgan fingerprint density at radius 2 is 1.87 bits per heavy atom. The van der Waals surface area contributed by atoms with Crippen LogP contribution in [0, 0.1) is 0 Å². The lowest BCUT2D eigenvalue weighted by Gasteiger charge is -2.29. The van der Waals surface area contributed by atoms with Gasteiger partial charge in [-0.1, -0.05) is 0 Å². The number of benzene rings is 2. The first-order valence-corrected chi connectivity index (χ1v) is 6.96. The van der Waals surface area contributed by atoms with Crippen molar-refractivity contribution >= 4 is 23.3 Å². The van der Waals surface area contributed by atoms with Crippen LogP contribution < -0.4 is 14.4 Å². The average Bonchev–Trinajstić information content (AvgIpc) is 2.60. The first-order chi connectivity index (χ1) is 11.1. The van der Waals surface area contributed by atoms with Crippen molar-refractivity contribution in [1.29, 1.82) is 0 Å². The highest BCUT2D eigenvalue weighted by molar-refractivity contribution is 6.05. The van der Waals surface area contributed by atoms with E-state index in [1.165, 1.54) is 12.0 Å². The van der Waals surface area contributed by atoms with E-state index in [2.05, 4.69) is 0 Å². The first kappa shape index (κ1) is 14.9. The quantitative estimate of drug-likeness (QED) is 0.815. The van der Waals surface area contributed by atoms with Gasteiger partial charge in [-0.3, -0.25) is 9.69 Å². The van der Waals surface area contributed by atoms with E-state index in [4.69, 9.17) is 14.2 Å². The molecule has 3 rings (SSSR count). The Bertz CT molecular complexity index is 754. The van der Waals surface area contributed by atoms with Gasteiger partial charge in [-0.15, -0.1) is 0 Å². The van der Waals surface area contributed by atoms with Crippen LogP contribution >= 0.6 is 0 Å². The topological polar surface area (TPSA) is 65.1 Å². The summed E-state index contributed by atoms with van der Waals surface area (Å²) in [4.78, 5) is 25.6. The number of methoxy groups -OCH3 is 2. The summed E-state index contributed by atoms with van der Waals surface area (Å²) >= 11 is 0. The Hall–Kier alpha value is -3.02. The van der Waals surface area contributed by atoms with Crippen LogP contribution in [0.4, 0.5) is 11.4 Å². The Morgan fingerprint density at radius 3 is 2.52 bits per heavy atom. The van der Waals surface area contributed by atoms with Gasteiger partial charge >= 0.3 is 5.97 Å². The maximum atomic E-state index is 12.3. The standard InChI is InChI=1S/C17H15NO5/c1-21-13-6-4-12(5-7-13)18-14-9-11(17(20)22-2)3-8-15(14)23-10-16(18)19/h3-9H,10H2,1-2H3. The minimum atomic E-state index is -0.472. The summed E-state index contributed by atoms with van der Waals surface area (Å²) in [6, 6.07) is 11.9. The van der Waals surface area contributed by atoms with Crippen LogP contribution in [0.25, 0.3) is 0 Å². The van der Waals surface area contributed by atoms with Crippen molar-refractivity contribution in [1.82, 2.24) is 0 Å². The maximum Gasteiger partial charge on any atom is 0.337 e. The maximum absolute atomic E-state index is 12.3. The van der Waals surface area contributed by atoms with Crippen LogP contribution in [0.1, 0.15) is 10.4 Å². The molecular formula is C17H15NO5. The molecular weight excluding hydrogens is 298 g/mol. The van der Waals surface area contributed by atoms with E-state index in [9.17, 15) is 9.59 Å². The highest BCUT2D eigenvalue weighted by Gasteiger charge is 2.28. The third-order valence-electron chi connectivity index (χ3n) is 3.55. The van der Waals surface area contributed by atoms with Crippen LogP contribution in [0.5, 0.6) is 11.5 Å². The van der Waals surface area contributed by atoms with E-state index in [1.54, 1.807) is 49.6 Å². The van der Waals surface area contributed by atoms with Crippen LogP contribution in [-0.4, -0.2) is 32.7 Å². The molecule has 1 aliphatic heterocycles. The highest BCUT2D eigenvalue weighted by Crippen LogP contribution is 2.38. The second-order valence-corrected chi connectivity index (χ2v) is 4.89. The zero-order valence-electron chi connectivity index (χ0n) is 12.7. The minimum Gasteiger partial charge on any atom is -0.497 e. The molecule has 0 aromatic heterocycles. The molecule has 23 heavy (non-hydrogen) atoms. The van der Waals surface area contributed by atoms with Gasteiger partial charge in [-0.05, 0) is 42.5 Å². The number of carbonyl (C=O) groups excluding carboxylic acids is 2. The van der Waals surface area contributed by atoms with Crippen molar-refractivity contribution in [2.24, 2.45) is 0 Å². The Morgan fingerprint density at radius 1 is 1.13 bits per heavy atom. The summed E-state index contributed by atoms with van der Waals surface area (Å²) < 4.78 is 15.3. The van der Waals surface area contributed by atoms with Crippen molar-refractivity contribution in [3.63, 3.8) is 0 Å². The molecule has 0 spiro atoms. The molecule has 118 valence electrons. The number of fused-ring (bicyclic) bond motifs is 1. The largest absolute Gasteiger partial charge is 0.497 e. The molecule has 2 aromatic rings. The summed E-state index contributed by atoms with van der Waals surface area (Å²) in [5, 5.41) is 0. The first-order valence-electron chi connectivity index (χ1n) is 6.96. The van der Waals surface area contributed by atoms with E-state index < -0.39 is 5.97 Å². The molecule has 0 unspecified atom stereocenters. The molecule has 2 aromatic carbocycles. The molecule has 0 aliphatic carbocycles. The van der Waals surface area contributed by atoms with Crippen molar-refractivity contribution in [3.8, 4) is 11.5 Å². The van der Waals surface area contributed by atoms with Gasteiger partial charge in [-0.2, -0.15) is 0 Å². The van der Waals surface area contributed by atoms with Gasteiger partial charge in [0.25, 0.3) is 5.91 Å². The zero-order chi connectivity index (χ0) is 16.4. The lowest BCUT2D eigenvalue weighted by atomic mass is 10.1. The zero-order valence-corrected chi connectivity index (χ0v) is 12.7. The molecule has 6 nitrogen and oxygen atoms in total. The van der Waals surface area contributed by atoms with E-state index in [1.807, 2.05) is 0 Å². The second kappa shape index (κ2) is 6.00. The van der Waals surface area contributed by atoms with Gasteiger partial charge in [0.15, 0.2) is 6.61 Å². The van der Waals surface area contributed by atoms with Crippen molar-refractivity contribution in [2.45, 2.75) is 0 Å². The number of hydrogen-bond acceptors (Lipinski definition) is 5. The number of rotatable bonds is 3. The molecule has 0 N–H and O–H groups in total. The van der Waals surface area contributed by atoms with Gasteiger partial charge in [0.1, 0.15) is 11.5 Å². The third-order valence-corrected chi connectivity index (χ3v) is 3.55. The molecule has 0 atom stereocenters. The van der Waals surface area contributed by atoms with Gasteiger partial charge in [0.05, 0.1) is 25.5 Å².